The van der Waals surface area contributed by atoms with Gasteiger partial charge in [0.05, 0.1) is 42.0 Å². The number of amides is 4. The lowest BCUT2D eigenvalue weighted by Gasteiger charge is -2.27. The second kappa shape index (κ2) is 16.8. The molecular formula is C48H46ClN10O6P. The van der Waals surface area contributed by atoms with Gasteiger partial charge < -0.3 is 29.7 Å². The lowest BCUT2D eigenvalue weighted by molar-refractivity contribution is -0.136. The Morgan fingerprint density at radius 2 is 1.53 bits per heavy atom. The highest BCUT2D eigenvalue weighted by molar-refractivity contribution is 7.70. The number of hydrogen-bond acceptors (Lipinski definition) is 13. The van der Waals surface area contributed by atoms with E-state index in [0.717, 1.165) is 64.7 Å². The van der Waals surface area contributed by atoms with Gasteiger partial charge in [-0.3, -0.25) is 34.1 Å². The molecule has 66 heavy (non-hydrogen) atoms. The van der Waals surface area contributed by atoms with Crippen molar-refractivity contribution < 1.29 is 28.5 Å². The van der Waals surface area contributed by atoms with E-state index in [0.29, 0.717) is 40.1 Å². The standard InChI is InChI=1S/C48H46ClN10O6P/c1-56-22-29(20-51-56)34-18-38(53-48-50-21-36(49)44(55-48)52-37-13-10-28(16-42(37)66(3,4)64)27-8-6-5-7-9-27)41(65-2)19-40(34)58-25-30-23-57(24-31(30)26-58)32-11-12-33-35(17-32)47(63)59(46(33)62)39-14-15-43(60)54-45(39)61/h5-13,16-22,30-31,39H,14-15,23-26H2,1-4H3,(H,54,60,61)(H2,50,52,53,55). The Bertz CT molecular complexity index is 3020. The number of nitrogens with zero attached hydrogens (tertiary/aromatic N) is 7. The van der Waals surface area contributed by atoms with Crippen molar-refractivity contribution in [2.24, 2.45) is 18.9 Å². The molecule has 6 heterocycles. The summed E-state index contributed by atoms with van der Waals surface area (Å²) in [4.78, 5) is 66.2. The Kier molecular flexibility index (Phi) is 10.9. The minimum atomic E-state index is -2.75. The number of ether oxygens (including phenoxy) is 1. The quantitative estimate of drug-likeness (QED) is 0.0901. The Hall–Kier alpha value is -7.03. The van der Waals surface area contributed by atoms with E-state index in [9.17, 15) is 23.7 Å². The van der Waals surface area contributed by atoms with Crippen molar-refractivity contribution in [2.45, 2.75) is 18.9 Å². The van der Waals surface area contributed by atoms with Crippen LogP contribution >= 0.6 is 18.7 Å². The summed E-state index contributed by atoms with van der Waals surface area (Å²) in [6, 6.07) is 24.1. The van der Waals surface area contributed by atoms with Crippen LogP contribution in [0.2, 0.25) is 5.02 Å². The number of fused-ring (bicyclic) bond motifs is 2. The highest BCUT2D eigenvalue weighted by atomic mass is 35.5. The van der Waals surface area contributed by atoms with Gasteiger partial charge in [-0.25, -0.2) is 4.98 Å². The SMILES string of the molecule is COc1cc(N2CC3CN(c4ccc5c(c4)C(=O)N(C4CCC(=O)NC4=O)C5=O)CC3C2)c(-c2cnn(C)c2)cc1Nc1ncc(Cl)c(Nc2ccc(-c3ccccc3)cc2P(C)(C)=O)n1. The Labute approximate surface area is 385 Å². The van der Waals surface area contributed by atoms with Crippen LogP contribution in [0.4, 0.5) is 34.5 Å². The summed E-state index contributed by atoms with van der Waals surface area (Å²) in [6.45, 7) is 6.50. The van der Waals surface area contributed by atoms with E-state index in [1.807, 2.05) is 86.2 Å². The summed E-state index contributed by atoms with van der Waals surface area (Å²) < 4.78 is 21.4. The van der Waals surface area contributed by atoms with Crippen molar-refractivity contribution in [1.82, 2.24) is 30.0 Å². The first-order chi connectivity index (χ1) is 31.7. The van der Waals surface area contributed by atoms with Gasteiger partial charge in [-0.15, -0.1) is 0 Å². The van der Waals surface area contributed by atoms with Crippen LogP contribution in [0.25, 0.3) is 22.3 Å². The average molecular weight is 925 g/mol. The fraction of sp³-hybridized carbons (Fsp3) is 0.271. The van der Waals surface area contributed by atoms with Gasteiger partial charge in [0.25, 0.3) is 11.8 Å². The first kappa shape index (κ1) is 42.9. The molecule has 6 aromatic rings. The number of aryl methyl sites for hydroxylation is 1. The Balaban J connectivity index is 0.883. The monoisotopic (exact) mass is 924 g/mol. The number of piperidine rings is 1. The van der Waals surface area contributed by atoms with Crippen LogP contribution in [0.3, 0.4) is 0 Å². The molecule has 0 radical (unpaired) electrons. The van der Waals surface area contributed by atoms with Crippen molar-refractivity contribution in [3.05, 3.63) is 114 Å². The molecule has 3 fully saturated rings. The minimum absolute atomic E-state index is 0.0655. The summed E-state index contributed by atoms with van der Waals surface area (Å²) in [7, 11) is 0.742. The molecule has 3 unspecified atom stereocenters. The zero-order valence-electron chi connectivity index (χ0n) is 36.6. The van der Waals surface area contributed by atoms with Crippen LogP contribution in [-0.2, 0) is 21.2 Å². The predicted molar refractivity (Wildman–Crippen MR) is 254 cm³/mol. The van der Waals surface area contributed by atoms with E-state index >= 15 is 0 Å². The Morgan fingerprint density at radius 3 is 2.23 bits per heavy atom. The van der Waals surface area contributed by atoms with E-state index in [1.165, 1.54) is 6.20 Å². The van der Waals surface area contributed by atoms with Crippen LogP contribution in [-0.4, -0.2) is 101 Å². The van der Waals surface area contributed by atoms with E-state index < -0.39 is 36.8 Å². The maximum atomic E-state index is 13.6. The topological polar surface area (TPSA) is 184 Å². The molecule has 336 valence electrons. The molecule has 4 aromatic carbocycles. The highest BCUT2D eigenvalue weighted by Gasteiger charge is 2.46. The molecule has 16 nitrogen and oxygen atoms in total. The molecule has 0 bridgehead atoms. The van der Waals surface area contributed by atoms with Gasteiger partial charge in [0.15, 0.2) is 5.82 Å². The van der Waals surface area contributed by atoms with E-state index in [4.69, 9.17) is 21.3 Å². The summed E-state index contributed by atoms with van der Waals surface area (Å²) >= 11 is 6.68. The maximum absolute atomic E-state index is 13.6. The number of aromatic nitrogens is 4. The van der Waals surface area contributed by atoms with E-state index in [2.05, 4.69) is 35.8 Å². The number of hydrogen-bond donors (Lipinski definition) is 3. The average Bonchev–Trinajstić information content (AvgIpc) is 4.08. The molecule has 4 amide bonds. The van der Waals surface area contributed by atoms with Crippen LogP contribution in [0, 0.1) is 11.8 Å². The third-order valence-corrected chi connectivity index (χ3v) is 14.7. The van der Waals surface area contributed by atoms with Crippen LogP contribution in [0.1, 0.15) is 33.6 Å². The molecule has 10 rings (SSSR count). The van der Waals surface area contributed by atoms with Gasteiger partial charge in [-0.2, -0.15) is 10.1 Å². The predicted octanol–water partition coefficient (Wildman–Crippen LogP) is 6.92. The third-order valence-electron chi connectivity index (χ3n) is 12.9. The fourth-order valence-electron chi connectivity index (χ4n) is 9.60. The lowest BCUT2D eigenvalue weighted by Crippen LogP contribution is -2.54. The minimum Gasteiger partial charge on any atom is -0.494 e. The van der Waals surface area contributed by atoms with Crippen molar-refractivity contribution >= 4 is 82.2 Å². The van der Waals surface area contributed by atoms with Gasteiger partial charge in [0.1, 0.15) is 24.0 Å². The van der Waals surface area contributed by atoms with Gasteiger partial charge in [0.2, 0.25) is 17.8 Å². The van der Waals surface area contributed by atoms with Crippen LogP contribution in [0.15, 0.2) is 97.5 Å². The number of methoxy groups -OCH3 is 1. The van der Waals surface area contributed by atoms with Gasteiger partial charge >= 0.3 is 0 Å². The normalized spacial score (nSPS) is 19.3. The molecule has 4 aliphatic rings. The summed E-state index contributed by atoms with van der Waals surface area (Å²) in [5, 5.41) is 14.4. The molecule has 3 N–H and O–H groups in total. The van der Waals surface area contributed by atoms with Gasteiger partial charge in [-0.1, -0.05) is 48.0 Å². The largest absolute Gasteiger partial charge is 0.494 e. The van der Waals surface area contributed by atoms with E-state index in [1.54, 1.807) is 37.3 Å². The number of carbonyl (C=O) groups excluding carboxylic acids is 4. The third kappa shape index (κ3) is 7.94. The number of nitrogens with one attached hydrogen (secondary N) is 3. The first-order valence-corrected chi connectivity index (χ1v) is 24.6. The van der Waals surface area contributed by atoms with Crippen molar-refractivity contribution in [3.63, 3.8) is 0 Å². The van der Waals surface area contributed by atoms with Gasteiger partial charge in [0, 0.05) is 91.6 Å². The summed E-state index contributed by atoms with van der Waals surface area (Å²) in [5.41, 5.74) is 7.43. The first-order valence-electron chi connectivity index (χ1n) is 21.6. The molecule has 2 aromatic heterocycles. The molecule has 3 saturated heterocycles. The lowest BCUT2D eigenvalue weighted by atomic mass is 10.0. The van der Waals surface area contributed by atoms with Crippen molar-refractivity contribution in [3.8, 4) is 28.0 Å². The second-order valence-electron chi connectivity index (χ2n) is 17.6. The molecule has 3 atom stereocenters. The number of imide groups is 2. The summed E-state index contributed by atoms with van der Waals surface area (Å²) in [5.74, 6) is -0.290. The number of carbonyl (C=O) groups is 4. The molecule has 0 spiro atoms. The second-order valence-corrected chi connectivity index (χ2v) is 21.2. The number of halogens is 1. The highest BCUT2D eigenvalue weighted by Crippen LogP contribution is 2.45. The van der Waals surface area contributed by atoms with Crippen molar-refractivity contribution in [1.29, 1.82) is 0 Å². The van der Waals surface area contributed by atoms with Crippen LogP contribution in [0.5, 0.6) is 5.75 Å². The number of anilines is 6. The van der Waals surface area contributed by atoms with Crippen LogP contribution < -0.4 is 35.8 Å². The van der Waals surface area contributed by atoms with Crippen molar-refractivity contribution in [2.75, 3.05) is 67.1 Å². The maximum Gasteiger partial charge on any atom is 0.262 e. The smallest absolute Gasteiger partial charge is 0.262 e. The molecule has 0 saturated carbocycles. The fourth-order valence-corrected chi connectivity index (χ4v) is 10.9. The Morgan fingerprint density at radius 1 is 0.788 bits per heavy atom. The van der Waals surface area contributed by atoms with E-state index in [-0.39, 0.29) is 34.9 Å². The molecule has 18 heteroatoms. The molecule has 4 aliphatic heterocycles. The zero-order valence-corrected chi connectivity index (χ0v) is 38.3. The summed E-state index contributed by atoms with van der Waals surface area (Å²) in [6.07, 6.45) is 5.48. The molecular weight excluding hydrogens is 879 g/mol. The van der Waals surface area contributed by atoms with Gasteiger partial charge in [-0.05, 0) is 67.3 Å². The number of benzene rings is 4. The number of rotatable bonds is 11. The zero-order chi connectivity index (χ0) is 46.0. The molecule has 0 aliphatic carbocycles.